The zero-order chi connectivity index (χ0) is 32.9. The van der Waals surface area contributed by atoms with Crippen LogP contribution in [0.25, 0.3) is 0 Å². The van der Waals surface area contributed by atoms with E-state index in [0.717, 1.165) is 101 Å². The van der Waals surface area contributed by atoms with E-state index >= 15 is 0 Å². The fraction of sp³-hybridized carbons (Fsp3) is 1.00. The lowest BCUT2D eigenvalue weighted by Gasteiger charge is -2.46. The number of ether oxygens (including phenoxy) is 4. The minimum atomic E-state index is -0.149. The maximum absolute atomic E-state index is 9.96. The van der Waals surface area contributed by atoms with Gasteiger partial charge in [-0.1, -0.05) is 27.7 Å². The number of aliphatic hydroxyl groups is 2. The molecule has 6 nitrogen and oxygen atoms in total. The van der Waals surface area contributed by atoms with E-state index in [2.05, 4.69) is 41.5 Å². The van der Waals surface area contributed by atoms with Gasteiger partial charge in [-0.2, -0.15) is 0 Å². The standard InChI is InChI=1S/C40H72O6/c1-27(43-35-19-11-31(12-20-35)39(3,4)29-7-15-33(41)16-8-29)45-37-23-25-38(26-24-37)46-28(2)44-36-21-13-32(14-22-36)40(5,6)30-9-17-34(42)18-10-30/h27-38,41-42H,7-26H2,1-6H3. The number of rotatable bonds is 12. The summed E-state index contributed by atoms with van der Waals surface area (Å²) in [5, 5.41) is 19.9. The SMILES string of the molecule is CC(OC1CCC(OC(C)OC2CCC(C(C)(C)C3CCC(O)CC3)CC2)CC1)OC1CCC(C(C)(C)C2CCC(O)CC2)CC1. The molecule has 268 valence electrons. The molecular formula is C40H72O6. The molecule has 0 aliphatic heterocycles. The predicted octanol–water partition coefficient (Wildman–Crippen LogP) is 9.33. The summed E-state index contributed by atoms with van der Waals surface area (Å²) >= 11 is 0. The fourth-order valence-electron chi connectivity index (χ4n) is 10.6. The lowest BCUT2D eigenvalue weighted by Crippen LogP contribution is -2.40. The monoisotopic (exact) mass is 649 g/mol. The van der Waals surface area contributed by atoms with Gasteiger partial charge in [-0.05, 0) is 177 Å². The summed E-state index contributed by atoms with van der Waals surface area (Å²) in [6, 6.07) is 0. The van der Waals surface area contributed by atoms with Gasteiger partial charge in [0, 0.05) is 0 Å². The second kappa shape index (κ2) is 16.6. The summed E-state index contributed by atoms with van der Waals surface area (Å²) in [6.45, 7) is 14.1. The average Bonchev–Trinajstić information content (AvgIpc) is 3.03. The van der Waals surface area contributed by atoms with Gasteiger partial charge < -0.3 is 29.2 Å². The quantitative estimate of drug-likeness (QED) is 0.205. The van der Waals surface area contributed by atoms with E-state index in [1.807, 2.05) is 0 Å². The molecule has 46 heavy (non-hydrogen) atoms. The maximum Gasteiger partial charge on any atom is 0.155 e. The molecule has 0 aromatic heterocycles. The highest BCUT2D eigenvalue weighted by Gasteiger charge is 2.42. The molecule has 6 heteroatoms. The summed E-state index contributed by atoms with van der Waals surface area (Å²) in [4.78, 5) is 0. The lowest BCUT2D eigenvalue weighted by molar-refractivity contribution is -0.218. The molecule has 5 aliphatic rings. The number of aliphatic hydroxyl groups excluding tert-OH is 2. The minimum Gasteiger partial charge on any atom is -0.393 e. The van der Waals surface area contributed by atoms with Gasteiger partial charge in [0.2, 0.25) is 0 Å². The fourth-order valence-corrected chi connectivity index (χ4v) is 10.6. The molecule has 0 amide bonds. The minimum absolute atomic E-state index is 0.0692. The molecule has 5 rings (SSSR count). The van der Waals surface area contributed by atoms with Crippen LogP contribution in [0.1, 0.15) is 170 Å². The Bertz CT molecular complexity index is 794. The molecule has 5 fully saturated rings. The first-order valence-electron chi connectivity index (χ1n) is 19.9. The van der Waals surface area contributed by atoms with Crippen LogP contribution in [0.3, 0.4) is 0 Å². The van der Waals surface area contributed by atoms with Crippen molar-refractivity contribution in [2.75, 3.05) is 0 Å². The largest absolute Gasteiger partial charge is 0.393 e. The van der Waals surface area contributed by atoms with Gasteiger partial charge in [0.1, 0.15) is 0 Å². The molecule has 5 saturated carbocycles. The van der Waals surface area contributed by atoms with E-state index in [9.17, 15) is 10.2 Å². The van der Waals surface area contributed by atoms with Gasteiger partial charge in [0.05, 0.1) is 36.6 Å². The van der Waals surface area contributed by atoms with Crippen molar-refractivity contribution < 1.29 is 29.2 Å². The molecule has 2 unspecified atom stereocenters. The van der Waals surface area contributed by atoms with Gasteiger partial charge >= 0.3 is 0 Å². The van der Waals surface area contributed by atoms with Crippen LogP contribution in [0.2, 0.25) is 0 Å². The van der Waals surface area contributed by atoms with Crippen molar-refractivity contribution in [2.45, 2.75) is 219 Å². The van der Waals surface area contributed by atoms with E-state index in [0.29, 0.717) is 23.0 Å². The third kappa shape index (κ3) is 9.93. The van der Waals surface area contributed by atoms with Crippen molar-refractivity contribution in [2.24, 2.45) is 34.5 Å². The van der Waals surface area contributed by atoms with Gasteiger partial charge in [-0.25, -0.2) is 0 Å². The Kier molecular flexibility index (Phi) is 13.4. The predicted molar refractivity (Wildman–Crippen MR) is 184 cm³/mol. The van der Waals surface area contributed by atoms with Gasteiger partial charge in [-0.3, -0.25) is 0 Å². The van der Waals surface area contributed by atoms with E-state index in [-0.39, 0.29) is 37.0 Å². The Balaban J connectivity index is 0.932. The molecule has 0 aromatic rings. The second-order valence-electron chi connectivity index (χ2n) is 17.7. The second-order valence-corrected chi connectivity index (χ2v) is 17.7. The Labute approximate surface area is 282 Å². The summed E-state index contributed by atoms with van der Waals surface area (Å²) in [7, 11) is 0. The zero-order valence-electron chi connectivity index (χ0n) is 30.6. The first kappa shape index (κ1) is 37.0. The summed E-state index contributed by atoms with van der Waals surface area (Å²) < 4.78 is 25.7. The molecule has 5 aliphatic carbocycles. The third-order valence-corrected chi connectivity index (χ3v) is 14.1. The molecule has 0 aromatic carbocycles. The topological polar surface area (TPSA) is 77.4 Å². The van der Waals surface area contributed by atoms with Crippen molar-refractivity contribution >= 4 is 0 Å². The maximum atomic E-state index is 9.96. The molecule has 0 saturated heterocycles. The van der Waals surface area contributed by atoms with E-state index in [4.69, 9.17) is 18.9 Å². The highest BCUT2D eigenvalue weighted by molar-refractivity contribution is 4.92. The van der Waals surface area contributed by atoms with Crippen molar-refractivity contribution in [3.63, 3.8) is 0 Å². The molecule has 0 radical (unpaired) electrons. The van der Waals surface area contributed by atoms with Crippen LogP contribution < -0.4 is 0 Å². The Hall–Kier alpha value is -0.240. The molecule has 0 bridgehead atoms. The third-order valence-electron chi connectivity index (χ3n) is 14.1. The highest BCUT2D eigenvalue weighted by Crippen LogP contribution is 2.50. The average molecular weight is 649 g/mol. The van der Waals surface area contributed by atoms with Crippen LogP contribution in [-0.2, 0) is 18.9 Å². The first-order chi connectivity index (χ1) is 21.9. The van der Waals surface area contributed by atoms with Crippen LogP contribution in [0.5, 0.6) is 0 Å². The first-order valence-corrected chi connectivity index (χ1v) is 19.9. The van der Waals surface area contributed by atoms with Crippen molar-refractivity contribution in [1.82, 2.24) is 0 Å². The molecule has 0 spiro atoms. The van der Waals surface area contributed by atoms with Crippen LogP contribution in [0.4, 0.5) is 0 Å². The van der Waals surface area contributed by atoms with Crippen molar-refractivity contribution in [1.29, 1.82) is 0 Å². The number of hydrogen-bond acceptors (Lipinski definition) is 6. The van der Waals surface area contributed by atoms with Crippen molar-refractivity contribution in [3.05, 3.63) is 0 Å². The van der Waals surface area contributed by atoms with Crippen LogP contribution in [0.15, 0.2) is 0 Å². The molecule has 2 atom stereocenters. The van der Waals surface area contributed by atoms with E-state index < -0.39 is 0 Å². The van der Waals surface area contributed by atoms with E-state index in [1.54, 1.807) is 0 Å². The zero-order valence-corrected chi connectivity index (χ0v) is 30.6. The normalized spacial score (nSPS) is 39.9. The highest BCUT2D eigenvalue weighted by atomic mass is 16.7. The van der Waals surface area contributed by atoms with Gasteiger partial charge in [-0.15, -0.1) is 0 Å². The smallest absolute Gasteiger partial charge is 0.155 e. The molecular weight excluding hydrogens is 576 g/mol. The van der Waals surface area contributed by atoms with Gasteiger partial charge in [0.25, 0.3) is 0 Å². The Morgan fingerprint density at radius 2 is 0.565 bits per heavy atom. The van der Waals surface area contributed by atoms with Crippen LogP contribution in [-0.4, -0.2) is 59.4 Å². The van der Waals surface area contributed by atoms with E-state index in [1.165, 1.54) is 51.4 Å². The Morgan fingerprint density at radius 3 is 0.804 bits per heavy atom. The summed E-state index contributed by atoms with van der Waals surface area (Å²) in [5.41, 5.74) is 0.710. The summed E-state index contributed by atoms with van der Waals surface area (Å²) in [5.74, 6) is 3.01. The lowest BCUT2D eigenvalue weighted by atomic mass is 9.60. The number of hydrogen-bond donors (Lipinski definition) is 2. The van der Waals surface area contributed by atoms with Crippen LogP contribution in [0, 0.1) is 34.5 Å². The molecule has 0 heterocycles. The van der Waals surface area contributed by atoms with Crippen LogP contribution >= 0.6 is 0 Å². The van der Waals surface area contributed by atoms with Crippen molar-refractivity contribution in [3.8, 4) is 0 Å². The summed E-state index contributed by atoms with van der Waals surface area (Å²) in [6.07, 6.45) is 23.0. The van der Waals surface area contributed by atoms with Gasteiger partial charge in [0.15, 0.2) is 12.6 Å². The molecule has 2 N–H and O–H groups in total. The Morgan fingerprint density at radius 1 is 0.370 bits per heavy atom.